The van der Waals surface area contributed by atoms with Crippen LogP contribution in [0.25, 0.3) is 0 Å². The van der Waals surface area contributed by atoms with Crippen molar-refractivity contribution < 1.29 is 14.3 Å². The lowest BCUT2D eigenvalue weighted by atomic mass is 9.93. The first kappa shape index (κ1) is 22.9. The quantitative estimate of drug-likeness (QED) is 0.703. The summed E-state index contributed by atoms with van der Waals surface area (Å²) < 4.78 is 11.6. The molecule has 1 fully saturated rings. The second kappa shape index (κ2) is 11.0. The molecule has 1 N–H and O–H groups in total. The van der Waals surface area contributed by atoms with Gasteiger partial charge < -0.3 is 19.7 Å². The van der Waals surface area contributed by atoms with Crippen LogP contribution in [0.5, 0.6) is 11.5 Å². The van der Waals surface area contributed by atoms with E-state index in [-0.39, 0.29) is 17.9 Å². The highest BCUT2D eigenvalue weighted by molar-refractivity contribution is 5.78. The van der Waals surface area contributed by atoms with E-state index in [1.165, 1.54) is 19.3 Å². The minimum absolute atomic E-state index is 0.0349. The number of amides is 1. The molecule has 1 aromatic carbocycles. The van der Waals surface area contributed by atoms with Gasteiger partial charge in [0.25, 0.3) is 0 Å². The van der Waals surface area contributed by atoms with E-state index in [9.17, 15) is 4.79 Å². The highest BCUT2D eigenvalue weighted by atomic mass is 16.5. The molecule has 0 aromatic heterocycles. The van der Waals surface area contributed by atoms with E-state index >= 15 is 0 Å². The zero-order chi connectivity index (χ0) is 21.5. The molecule has 6 nitrogen and oxygen atoms in total. The summed E-state index contributed by atoms with van der Waals surface area (Å²) in [6, 6.07) is 6.01. The zero-order valence-electron chi connectivity index (χ0n) is 19.2. The lowest BCUT2D eigenvalue weighted by molar-refractivity contribution is -0.123. The van der Waals surface area contributed by atoms with Crippen LogP contribution >= 0.6 is 0 Å². The molecule has 168 valence electrons. The molecule has 1 saturated heterocycles. The van der Waals surface area contributed by atoms with Crippen molar-refractivity contribution in [1.29, 1.82) is 0 Å². The van der Waals surface area contributed by atoms with E-state index in [1.54, 1.807) is 0 Å². The smallest absolute Gasteiger partial charge is 0.234 e. The van der Waals surface area contributed by atoms with Gasteiger partial charge in [-0.05, 0) is 82.5 Å². The van der Waals surface area contributed by atoms with Crippen LogP contribution in [0.1, 0.15) is 51.1 Å². The summed E-state index contributed by atoms with van der Waals surface area (Å²) in [5, 5.41) is 3.27. The van der Waals surface area contributed by atoms with Gasteiger partial charge in [0.05, 0.1) is 25.8 Å². The number of carbonyl (C=O) groups is 1. The van der Waals surface area contributed by atoms with Crippen molar-refractivity contribution in [1.82, 2.24) is 15.1 Å². The number of rotatable bonds is 8. The first-order chi connectivity index (χ1) is 14.4. The van der Waals surface area contributed by atoms with Gasteiger partial charge in [-0.3, -0.25) is 9.69 Å². The van der Waals surface area contributed by atoms with Crippen molar-refractivity contribution in [2.75, 3.05) is 53.5 Å². The first-order valence-corrected chi connectivity index (χ1v) is 11.5. The number of hydrogen-bond donors (Lipinski definition) is 1. The number of piperidine rings is 1. The topological polar surface area (TPSA) is 54.0 Å². The van der Waals surface area contributed by atoms with E-state index in [0.29, 0.717) is 19.8 Å². The number of benzene rings is 1. The minimum Gasteiger partial charge on any atom is -0.490 e. The van der Waals surface area contributed by atoms with Gasteiger partial charge in [-0.15, -0.1) is 0 Å². The highest BCUT2D eigenvalue weighted by Gasteiger charge is 2.24. The summed E-state index contributed by atoms with van der Waals surface area (Å²) in [7, 11) is 4.27. The maximum absolute atomic E-state index is 12.8. The van der Waals surface area contributed by atoms with Gasteiger partial charge in [-0.25, -0.2) is 0 Å². The van der Waals surface area contributed by atoms with Crippen molar-refractivity contribution in [2.24, 2.45) is 11.8 Å². The van der Waals surface area contributed by atoms with E-state index in [2.05, 4.69) is 49.1 Å². The Morgan fingerprint density at radius 3 is 2.53 bits per heavy atom. The molecular formula is C24H39N3O3. The number of hydrogen-bond acceptors (Lipinski definition) is 5. The molecule has 0 saturated carbocycles. The summed E-state index contributed by atoms with van der Waals surface area (Å²) in [4.78, 5) is 17.4. The Balaban J connectivity index is 1.53. The summed E-state index contributed by atoms with van der Waals surface area (Å²) in [6.45, 7) is 9.30. The van der Waals surface area contributed by atoms with Crippen LogP contribution in [0, 0.1) is 11.8 Å². The number of ether oxygens (including phenoxy) is 2. The van der Waals surface area contributed by atoms with Crippen molar-refractivity contribution in [3.63, 3.8) is 0 Å². The molecule has 0 aliphatic carbocycles. The molecule has 1 unspecified atom stereocenters. The molecule has 2 heterocycles. The Hall–Kier alpha value is -1.79. The SMILES string of the molecule is CC(C)C(NC(=O)CN1CCC(CCN(C)C)CC1)c1ccc2c(c1)OCCCO2. The standard InChI is InChI=1S/C24H39N3O3/c1-18(2)24(20-6-7-21-22(16-20)30-15-5-14-29-21)25-23(28)17-27-12-9-19(10-13-27)8-11-26(3)4/h6-7,16,18-19,24H,5,8-15,17H2,1-4H3,(H,25,28). The number of nitrogens with one attached hydrogen (secondary N) is 1. The summed E-state index contributed by atoms with van der Waals surface area (Å²) in [5.41, 5.74) is 1.07. The Bertz CT molecular complexity index is 684. The summed E-state index contributed by atoms with van der Waals surface area (Å²) in [5.74, 6) is 2.76. The Morgan fingerprint density at radius 2 is 1.87 bits per heavy atom. The lowest BCUT2D eigenvalue weighted by Gasteiger charge is -2.32. The molecule has 0 bridgehead atoms. The molecule has 2 aliphatic heterocycles. The molecule has 6 heteroatoms. The predicted octanol–water partition coefficient (Wildman–Crippen LogP) is 3.32. The Kier molecular flexibility index (Phi) is 8.40. The van der Waals surface area contributed by atoms with Crippen molar-refractivity contribution in [3.05, 3.63) is 23.8 Å². The van der Waals surface area contributed by atoms with Crippen LogP contribution in [0.4, 0.5) is 0 Å². The van der Waals surface area contributed by atoms with Gasteiger partial charge in [0.15, 0.2) is 11.5 Å². The maximum atomic E-state index is 12.8. The second-order valence-corrected chi connectivity index (χ2v) is 9.36. The van der Waals surface area contributed by atoms with Crippen molar-refractivity contribution in [3.8, 4) is 11.5 Å². The number of carbonyl (C=O) groups excluding carboxylic acids is 1. The van der Waals surface area contributed by atoms with Crippen LogP contribution in [0.2, 0.25) is 0 Å². The fourth-order valence-electron chi connectivity index (χ4n) is 4.30. The number of fused-ring (bicyclic) bond motifs is 1. The van der Waals surface area contributed by atoms with Crippen LogP contribution in [-0.2, 0) is 4.79 Å². The third-order valence-electron chi connectivity index (χ3n) is 6.17. The normalized spacial score (nSPS) is 19.0. The maximum Gasteiger partial charge on any atom is 0.234 e. The van der Waals surface area contributed by atoms with Gasteiger partial charge >= 0.3 is 0 Å². The molecule has 30 heavy (non-hydrogen) atoms. The Labute approximate surface area is 181 Å². The van der Waals surface area contributed by atoms with Gasteiger partial charge in [-0.2, -0.15) is 0 Å². The molecule has 0 spiro atoms. The third kappa shape index (κ3) is 6.61. The fraction of sp³-hybridized carbons (Fsp3) is 0.708. The van der Waals surface area contributed by atoms with E-state index in [1.807, 2.05) is 12.1 Å². The first-order valence-electron chi connectivity index (χ1n) is 11.5. The van der Waals surface area contributed by atoms with Crippen molar-refractivity contribution in [2.45, 2.75) is 45.6 Å². The molecule has 0 radical (unpaired) electrons. The molecular weight excluding hydrogens is 378 g/mol. The van der Waals surface area contributed by atoms with Gasteiger partial charge in [0.1, 0.15) is 0 Å². The zero-order valence-corrected chi connectivity index (χ0v) is 19.2. The van der Waals surface area contributed by atoms with Gasteiger partial charge in [0, 0.05) is 6.42 Å². The molecule has 2 aliphatic rings. The number of likely N-dealkylation sites (tertiary alicyclic amines) is 1. The Morgan fingerprint density at radius 1 is 1.17 bits per heavy atom. The van der Waals surface area contributed by atoms with Crippen LogP contribution in [-0.4, -0.2) is 69.2 Å². The van der Waals surface area contributed by atoms with E-state index in [4.69, 9.17) is 9.47 Å². The van der Waals surface area contributed by atoms with Crippen LogP contribution in [0.3, 0.4) is 0 Å². The third-order valence-corrected chi connectivity index (χ3v) is 6.17. The van der Waals surface area contributed by atoms with Crippen molar-refractivity contribution >= 4 is 5.91 Å². The monoisotopic (exact) mass is 417 g/mol. The summed E-state index contributed by atoms with van der Waals surface area (Å²) in [6.07, 6.45) is 4.53. The number of nitrogens with zero attached hydrogens (tertiary/aromatic N) is 2. The van der Waals surface area contributed by atoms with Crippen LogP contribution in [0.15, 0.2) is 18.2 Å². The lowest BCUT2D eigenvalue weighted by Crippen LogP contribution is -2.43. The predicted molar refractivity (Wildman–Crippen MR) is 120 cm³/mol. The van der Waals surface area contributed by atoms with E-state index in [0.717, 1.165) is 49.0 Å². The average molecular weight is 418 g/mol. The molecule has 3 rings (SSSR count). The summed E-state index contributed by atoms with van der Waals surface area (Å²) >= 11 is 0. The van der Waals surface area contributed by atoms with Gasteiger partial charge in [0.2, 0.25) is 5.91 Å². The molecule has 1 amide bonds. The van der Waals surface area contributed by atoms with Crippen LogP contribution < -0.4 is 14.8 Å². The van der Waals surface area contributed by atoms with Gasteiger partial charge in [-0.1, -0.05) is 19.9 Å². The highest BCUT2D eigenvalue weighted by Crippen LogP contribution is 2.34. The fourth-order valence-corrected chi connectivity index (χ4v) is 4.30. The largest absolute Gasteiger partial charge is 0.490 e. The minimum atomic E-state index is -0.0349. The average Bonchev–Trinajstić information content (AvgIpc) is 2.96. The second-order valence-electron chi connectivity index (χ2n) is 9.36. The molecule has 1 atom stereocenters. The van der Waals surface area contributed by atoms with E-state index < -0.39 is 0 Å². The molecule has 1 aromatic rings.